The Balaban J connectivity index is 1.48. The second-order valence-electron chi connectivity index (χ2n) is 6.32. The molecule has 2 aromatic rings. The highest BCUT2D eigenvalue weighted by Crippen LogP contribution is 2.18. The molecule has 1 aromatic carbocycles. The van der Waals surface area contributed by atoms with Crippen LogP contribution in [-0.2, 0) is 6.54 Å². The third kappa shape index (κ3) is 4.61. The van der Waals surface area contributed by atoms with E-state index >= 15 is 0 Å². The van der Waals surface area contributed by atoms with Gasteiger partial charge in [-0.2, -0.15) is 0 Å². The van der Waals surface area contributed by atoms with Crippen LogP contribution in [0.4, 0.5) is 4.39 Å². The van der Waals surface area contributed by atoms with Crippen molar-refractivity contribution in [2.24, 2.45) is 5.92 Å². The molecular formula is C19H22FN3O. The van der Waals surface area contributed by atoms with Crippen LogP contribution < -0.4 is 5.32 Å². The number of pyridine rings is 1. The van der Waals surface area contributed by atoms with E-state index in [-0.39, 0.29) is 11.7 Å². The number of rotatable bonds is 5. The Bertz CT molecular complexity index is 660. The first-order valence-corrected chi connectivity index (χ1v) is 8.36. The minimum atomic E-state index is -0.328. The van der Waals surface area contributed by atoms with Crippen LogP contribution >= 0.6 is 0 Å². The summed E-state index contributed by atoms with van der Waals surface area (Å²) in [6.45, 7) is 3.64. The normalized spacial score (nSPS) is 18.3. The molecular weight excluding hydrogens is 305 g/mol. The van der Waals surface area contributed by atoms with Gasteiger partial charge in [-0.05, 0) is 67.3 Å². The van der Waals surface area contributed by atoms with Crippen LogP contribution in [0, 0.1) is 11.7 Å². The van der Waals surface area contributed by atoms with Crippen LogP contribution in [0.3, 0.4) is 0 Å². The van der Waals surface area contributed by atoms with Crippen LogP contribution in [0.1, 0.15) is 28.8 Å². The van der Waals surface area contributed by atoms with Crippen molar-refractivity contribution >= 4 is 5.91 Å². The molecule has 1 aromatic heterocycles. The van der Waals surface area contributed by atoms with E-state index < -0.39 is 0 Å². The molecule has 1 aliphatic rings. The first-order valence-electron chi connectivity index (χ1n) is 8.36. The van der Waals surface area contributed by atoms with Gasteiger partial charge in [0.15, 0.2) is 0 Å². The Labute approximate surface area is 141 Å². The van der Waals surface area contributed by atoms with Gasteiger partial charge in [-0.3, -0.25) is 14.7 Å². The molecule has 0 aliphatic carbocycles. The number of halogens is 1. The monoisotopic (exact) mass is 327 g/mol. The summed E-state index contributed by atoms with van der Waals surface area (Å²) in [4.78, 5) is 18.6. The quantitative estimate of drug-likeness (QED) is 0.918. The van der Waals surface area contributed by atoms with Crippen molar-refractivity contribution in [2.75, 3.05) is 19.6 Å². The summed E-state index contributed by atoms with van der Waals surface area (Å²) in [5.41, 5.74) is 1.77. The number of hydrogen-bond donors (Lipinski definition) is 1. The number of carbonyl (C=O) groups excluding carboxylic acids is 1. The molecule has 1 aliphatic heterocycles. The first kappa shape index (κ1) is 16.6. The number of nitrogens with zero attached hydrogens (tertiary/aromatic N) is 2. The van der Waals surface area contributed by atoms with Gasteiger partial charge in [0, 0.05) is 37.6 Å². The number of hydrogen-bond acceptors (Lipinski definition) is 3. The molecule has 1 saturated heterocycles. The Hall–Kier alpha value is -2.27. The summed E-state index contributed by atoms with van der Waals surface area (Å²) in [7, 11) is 0. The summed E-state index contributed by atoms with van der Waals surface area (Å²) >= 11 is 0. The number of carbonyl (C=O) groups is 1. The molecule has 2 heterocycles. The summed E-state index contributed by atoms with van der Waals surface area (Å²) in [5, 5.41) is 2.97. The van der Waals surface area contributed by atoms with Crippen molar-refractivity contribution in [1.82, 2.24) is 15.2 Å². The second kappa shape index (κ2) is 8.02. The Morgan fingerprint density at radius 1 is 1.21 bits per heavy atom. The lowest BCUT2D eigenvalue weighted by molar-refractivity contribution is 0.0930. The molecule has 1 fully saturated rings. The van der Waals surface area contributed by atoms with Crippen LogP contribution in [0.5, 0.6) is 0 Å². The van der Waals surface area contributed by atoms with Gasteiger partial charge in [0.25, 0.3) is 5.91 Å². The molecule has 0 unspecified atom stereocenters. The van der Waals surface area contributed by atoms with Gasteiger partial charge in [0.1, 0.15) is 5.82 Å². The van der Waals surface area contributed by atoms with Gasteiger partial charge >= 0.3 is 0 Å². The first-order chi connectivity index (χ1) is 11.7. The molecule has 0 saturated carbocycles. The molecule has 5 heteroatoms. The van der Waals surface area contributed by atoms with Crippen molar-refractivity contribution < 1.29 is 9.18 Å². The van der Waals surface area contributed by atoms with E-state index in [4.69, 9.17) is 0 Å². The van der Waals surface area contributed by atoms with Crippen LogP contribution in [0.25, 0.3) is 0 Å². The molecule has 0 radical (unpaired) electrons. The lowest BCUT2D eigenvalue weighted by atomic mass is 9.97. The zero-order valence-electron chi connectivity index (χ0n) is 13.6. The Morgan fingerprint density at radius 2 is 1.96 bits per heavy atom. The van der Waals surface area contributed by atoms with Crippen molar-refractivity contribution in [1.29, 1.82) is 0 Å². The molecule has 126 valence electrons. The predicted octanol–water partition coefficient (Wildman–Crippen LogP) is 2.86. The largest absolute Gasteiger partial charge is 0.352 e. The summed E-state index contributed by atoms with van der Waals surface area (Å²) in [5.74, 6) is -0.0168. The molecule has 4 nitrogen and oxygen atoms in total. The van der Waals surface area contributed by atoms with E-state index in [2.05, 4.69) is 15.2 Å². The minimum absolute atomic E-state index is 0.138. The molecule has 24 heavy (non-hydrogen) atoms. The lowest BCUT2D eigenvalue weighted by Gasteiger charge is -2.32. The maximum absolute atomic E-state index is 12.9. The van der Waals surface area contributed by atoms with E-state index in [1.807, 2.05) is 24.5 Å². The average molecular weight is 327 g/mol. The Morgan fingerprint density at radius 3 is 2.71 bits per heavy atom. The SMILES string of the molecule is O=C(NC[C@H]1CCCN(Cc2ccncc2)C1)c1ccc(F)cc1. The van der Waals surface area contributed by atoms with E-state index in [1.54, 1.807) is 0 Å². The van der Waals surface area contributed by atoms with Crippen LogP contribution in [0.15, 0.2) is 48.8 Å². The number of benzene rings is 1. The number of aromatic nitrogens is 1. The van der Waals surface area contributed by atoms with E-state index in [0.29, 0.717) is 18.0 Å². The summed E-state index contributed by atoms with van der Waals surface area (Å²) in [6, 6.07) is 9.74. The van der Waals surface area contributed by atoms with Crippen LogP contribution in [-0.4, -0.2) is 35.4 Å². The zero-order chi connectivity index (χ0) is 16.8. The average Bonchev–Trinajstić information content (AvgIpc) is 2.61. The second-order valence-corrected chi connectivity index (χ2v) is 6.32. The van der Waals surface area contributed by atoms with Gasteiger partial charge in [0.2, 0.25) is 0 Å². The van der Waals surface area contributed by atoms with Crippen LogP contribution in [0.2, 0.25) is 0 Å². The number of likely N-dealkylation sites (tertiary alicyclic amines) is 1. The van der Waals surface area contributed by atoms with Crippen molar-refractivity contribution in [2.45, 2.75) is 19.4 Å². The fraction of sp³-hybridized carbons (Fsp3) is 0.368. The fourth-order valence-electron chi connectivity index (χ4n) is 3.15. The lowest BCUT2D eigenvalue weighted by Crippen LogP contribution is -2.40. The highest BCUT2D eigenvalue weighted by atomic mass is 19.1. The molecule has 0 spiro atoms. The number of nitrogens with one attached hydrogen (secondary N) is 1. The van der Waals surface area contributed by atoms with Gasteiger partial charge < -0.3 is 5.32 Å². The molecule has 1 N–H and O–H groups in total. The molecule has 3 rings (SSSR count). The summed E-state index contributed by atoms with van der Waals surface area (Å²) in [6.07, 6.45) is 5.90. The minimum Gasteiger partial charge on any atom is -0.352 e. The van der Waals surface area contributed by atoms with E-state index in [9.17, 15) is 9.18 Å². The van der Waals surface area contributed by atoms with Gasteiger partial charge in [-0.15, -0.1) is 0 Å². The van der Waals surface area contributed by atoms with Crippen molar-refractivity contribution in [3.8, 4) is 0 Å². The predicted molar refractivity (Wildman–Crippen MR) is 91.0 cm³/mol. The van der Waals surface area contributed by atoms with Crippen molar-refractivity contribution in [3.05, 3.63) is 65.7 Å². The topological polar surface area (TPSA) is 45.2 Å². The number of piperidine rings is 1. The third-order valence-corrected chi connectivity index (χ3v) is 4.42. The fourth-order valence-corrected chi connectivity index (χ4v) is 3.15. The maximum atomic E-state index is 12.9. The van der Waals surface area contributed by atoms with Gasteiger partial charge in [-0.1, -0.05) is 0 Å². The molecule has 0 bridgehead atoms. The Kier molecular flexibility index (Phi) is 5.54. The highest BCUT2D eigenvalue weighted by molar-refractivity contribution is 5.94. The maximum Gasteiger partial charge on any atom is 0.251 e. The van der Waals surface area contributed by atoms with Gasteiger partial charge in [0.05, 0.1) is 0 Å². The number of amides is 1. The smallest absolute Gasteiger partial charge is 0.251 e. The third-order valence-electron chi connectivity index (χ3n) is 4.42. The zero-order valence-corrected chi connectivity index (χ0v) is 13.6. The van der Waals surface area contributed by atoms with Gasteiger partial charge in [-0.25, -0.2) is 4.39 Å². The van der Waals surface area contributed by atoms with E-state index in [1.165, 1.54) is 29.8 Å². The standard InChI is InChI=1S/C19H22FN3O/c20-18-5-3-17(4-6-18)19(24)22-12-16-2-1-11-23(14-16)13-15-7-9-21-10-8-15/h3-10,16H,1-2,11-14H2,(H,22,24)/t16-/m1/s1. The molecule has 1 atom stereocenters. The van der Waals surface area contributed by atoms with Crippen molar-refractivity contribution in [3.63, 3.8) is 0 Å². The summed E-state index contributed by atoms with van der Waals surface area (Å²) < 4.78 is 12.9. The van der Waals surface area contributed by atoms with E-state index in [0.717, 1.165) is 32.5 Å². The highest BCUT2D eigenvalue weighted by Gasteiger charge is 2.20. The molecule has 1 amide bonds.